The molecule has 0 fully saturated rings. The first-order valence-electron chi connectivity index (χ1n) is 4.55. The Balaban J connectivity index is 3.16. The molecule has 0 spiro atoms. The van der Waals surface area contributed by atoms with E-state index in [0.29, 0.717) is 6.42 Å². The number of carboxylic acid groups (broad SMARTS) is 1. The molecule has 0 aromatic heterocycles. The van der Waals surface area contributed by atoms with Crippen molar-refractivity contribution < 1.29 is 9.90 Å². The maximum atomic E-state index is 11.0. The van der Waals surface area contributed by atoms with Gasteiger partial charge in [-0.05, 0) is 30.5 Å². The molecule has 0 aliphatic carbocycles. The predicted octanol–water partition coefficient (Wildman–Crippen LogP) is 3.34. The van der Waals surface area contributed by atoms with Crippen LogP contribution in [0.25, 0.3) is 0 Å². The number of rotatable bonds is 3. The third-order valence-electron chi connectivity index (χ3n) is 2.39. The maximum Gasteiger partial charge on any atom is 0.310 e. The first-order valence-corrected chi connectivity index (χ1v) is 5.35. The molecule has 0 bridgehead atoms. The molecule has 0 saturated carbocycles. The molecule has 0 saturated heterocycles. The molecule has 0 radical (unpaired) electrons. The molecular formula is C11H13BrO2. The van der Waals surface area contributed by atoms with Crippen molar-refractivity contribution in [2.75, 3.05) is 0 Å². The van der Waals surface area contributed by atoms with E-state index in [1.54, 1.807) is 0 Å². The SMILES string of the molecule is CCC(C(=O)O)c1cccc(Br)c1C. The second kappa shape index (κ2) is 4.60. The summed E-state index contributed by atoms with van der Waals surface area (Å²) in [5.41, 5.74) is 1.91. The summed E-state index contributed by atoms with van der Waals surface area (Å²) in [7, 11) is 0. The Kier molecular flexibility index (Phi) is 3.69. The van der Waals surface area contributed by atoms with Gasteiger partial charge in [0, 0.05) is 4.47 Å². The standard InChI is InChI=1S/C11H13BrO2/c1-3-8(11(13)14)9-5-4-6-10(12)7(9)2/h4-6,8H,3H2,1-2H3,(H,13,14). The zero-order chi connectivity index (χ0) is 10.7. The summed E-state index contributed by atoms with van der Waals surface area (Å²) >= 11 is 3.40. The lowest BCUT2D eigenvalue weighted by atomic mass is 9.93. The Labute approximate surface area is 92.1 Å². The van der Waals surface area contributed by atoms with Gasteiger partial charge in [0.1, 0.15) is 0 Å². The van der Waals surface area contributed by atoms with Gasteiger partial charge in [0.2, 0.25) is 0 Å². The minimum absolute atomic E-state index is 0.396. The van der Waals surface area contributed by atoms with Gasteiger partial charge in [-0.15, -0.1) is 0 Å². The Morgan fingerprint density at radius 2 is 2.21 bits per heavy atom. The number of halogens is 1. The average molecular weight is 257 g/mol. The Morgan fingerprint density at radius 1 is 1.57 bits per heavy atom. The van der Waals surface area contributed by atoms with Crippen LogP contribution in [0.5, 0.6) is 0 Å². The molecule has 1 atom stereocenters. The molecule has 0 amide bonds. The van der Waals surface area contributed by atoms with Crippen molar-refractivity contribution in [1.82, 2.24) is 0 Å². The summed E-state index contributed by atoms with van der Waals surface area (Å²) < 4.78 is 0.967. The van der Waals surface area contributed by atoms with E-state index < -0.39 is 11.9 Å². The van der Waals surface area contributed by atoms with Crippen LogP contribution >= 0.6 is 15.9 Å². The lowest BCUT2D eigenvalue weighted by molar-refractivity contribution is -0.138. The van der Waals surface area contributed by atoms with Gasteiger partial charge in [0.05, 0.1) is 5.92 Å². The highest BCUT2D eigenvalue weighted by Gasteiger charge is 2.19. The van der Waals surface area contributed by atoms with Crippen LogP contribution in [-0.2, 0) is 4.79 Å². The number of carboxylic acids is 1. The third kappa shape index (κ3) is 2.15. The highest BCUT2D eigenvalue weighted by Crippen LogP contribution is 2.27. The lowest BCUT2D eigenvalue weighted by Crippen LogP contribution is -2.11. The molecule has 0 aliphatic heterocycles. The molecule has 1 rings (SSSR count). The van der Waals surface area contributed by atoms with E-state index in [1.807, 2.05) is 32.0 Å². The second-order valence-electron chi connectivity index (χ2n) is 3.25. The van der Waals surface area contributed by atoms with Crippen molar-refractivity contribution in [2.24, 2.45) is 0 Å². The largest absolute Gasteiger partial charge is 0.481 e. The Hall–Kier alpha value is -0.830. The topological polar surface area (TPSA) is 37.3 Å². The quantitative estimate of drug-likeness (QED) is 0.901. The molecule has 1 N–H and O–H groups in total. The van der Waals surface area contributed by atoms with Gasteiger partial charge >= 0.3 is 5.97 Å². The zero-order valence-corrected chi connectivity index (χ0v) is 9.84. The van der Waals surface area contributed by atoms with Crippen molar-refractivity contribution in [2.45, 2.75) is 26.2 Å². The van der Waals surface area contributed by atoms with E-state index in [2.05, 4.69) is 15.9 Å². The van der Waals surface area contributed by atoms with E-state index in [4.69, 9.17) is 5.11 Å². The van der Waals surface area contributed by atoms with E-state index in [1.165, 1.54) is 0 Å². The van der Waals surface area contributed by atoms with Gasteiger partial charge in [-0.3, -0.25) is 4.79 Å². The normalized spacial score (nSPS) is 12.5. The molecule has 1 unspecified atom stereocenters. The molecule has 14 heavy (non-hydrogen) atoms. The van der Waals surface area contributed by atoms with Crippen LogP contribution in [0.15, 0.2) is 22.7 Å². The smallest absolute Gasteiger partial charge is 0.310 e. The van der Waals surface area contributed by atoms with E-state index >= 15 is 0 Å². The Morgan fingerprint density at radius 3 is 2.71 bits per heavy atom. The highest BCUT2D eigenvalue weighted by atomic mass is 79.9. The van der Waals surface area contributed by atoms with E-state index in [-0.39, 0.29) is 0 Å². The van der Waals surface area contributed by atoms with E-state index in [0.717, 1.165) is 15.6 Å². The van der Waals surface area contributed by atoms with Crippen LogP contribution < -0.4 is 0 Å². The number of hydrogen-bond donors (Lipinski definition) is 1. The lowest BCUT2D eigenvalue weighted by Gasteiger charge is -2.13. The molecule has 0 aliphatic rings. The van der Waals surface area contributed by atoms with Crippen molar-refractivity contribution in [3.8, 4) is 0 Å². The molecular weight excluding hydrogens is 244 g/mol. The maximum absolute atomic E-state index is 11.0. The molecule has 1 aromatic rings. The molecule has 76 valence electrons. The van der Waals surface area contributed by atoms with E-state index in [9.17, 15) is 4.79 Å². The van der Waals surface area contributed by atoms with Gasteiger partial charge in [-0.2, -0.15) is 0 Å². The fourth-order valence-electron chi connectivity index (χ4n) is 1.53. The van der Waals surface area contributed by atoms with Crippen LogP contribution in [-0.4, -0.2) is 11.1 Å². The molecule has 1 aromatic carbocycles. The number of carbonyl (C=O) groups is 1. The summed E-state index contributed by atoms with van der Waals surface area (Å²) in [6.45, 7) is 3.82. The summed E-state index contributed by atoms with van der Waals surface area (Å²) in [5, 5.41) is 9.03. The van der Waals surface area contributed by atoms with Gasteiger partial charge in [-0.25, -0.2) is 0 Å². The average Bonchev–Trinajstić information content (AvgIpc) is 2.13. The fraction of sp³-hybridized carbons (Fsp3) is 0.364. The molecule has 0 heterocycles. The highest BCUT2D eigenvalue weighted by molar-refractivity contribution is 9.10. The van der Waals surface area contributed by atoms with Gasteiger partial charge in [0.15, 0.2) is 0 Å². The van der Waals surface area contributed by atoms with Gasteiger partial charge in [-0.1, -0.05) is 35.0 Å². The Bertz CT molecular complexity index is 347. The van der Waals surface area contributed by atoms with Gasteiger partial charge < -0.3 is 5.11 Å². The van der Waals surface area contributed by atoms with Gasteiger partial charge in [0.25, 0.3) is 0 Å². The number of aliphatic carboxylic acids is 1. The third-order valence-corrected chi connectivity index (χ3v) is 3.25. The summed E-state index contributed by atoms with van der Waals surface area (Å²) in [4.78, 5) is 11.0. The summed E-state index contributed by atoms with van der Waals surface area (Å²) in [6.07, 6.45) is 0.618. The number of hydrogen-bond acceptors (Lipinski definition) is 1. The van der Waals surface area contributed by atoms with Crippen LogP contribution in [0.4, 0.5) is 0 Å². The zero-order valence-electron chi connectivity index (χ0n) is 8.25. The van der Waals surface area contributed by atoms with Crippen molar-refractivity contribution in [3.63, 3.8) is 0 Å². The first-order chi connectivity index (χ1) is 6.57. The van der Waals surface area contributed by atoms with Crippen LogP contribution in [0.1, 0.15) is 30.4 Å². The first kappa shape index (κ1) is 11.2. The minimum atomic E-state index is -0.756. The van der Waals surface area contributed by atoms with Crippen LogP contribution in [0.2, 0.25) is 0 Å². The summed E-state index contributed by atoms with van der Waals surface area (Å²) in [6, 6.07) is 5.67. The van der Waals surface area contributed by atoms with Crippen molar-refractivity contribution >= 4 is 21.9 Å². The van der Waals surface area contributed by atoms with Crippen molar-refractivity contribution in [1.29, 1.82) is 0 Å². The predicted molar refractivity (Wildman–Crippen MR) is 59.5 cm³/mol. The minimum Gasteiger partial charge on any atom is -0.481 e. The second-order valence-corrected chi connectivity index (χ2v) is 4.11. The van der Waals surface area contributed by atoms with Crippen LogP contribution in [0.3, 0.4) is 0 Å². The fourth-order valence-corrected chi connectivity index (χ4v) is 1.91. The monoisotopic (exact) mass is 256 g/mol. The molecule has 3 heteroatoms. The summed E-state index contributed by atoms with van der Waals surface area (Å²) in [5.74, 6) is -1.15. The van der Waals surface area contributed by atoms with Crippen LogP contribution in [0, 0.1) is 6.92 Å². The number of benzene rings is 1. The molecule has 2 nitrogen and oxygen atoms in total. The van der Waals surface area contributed by atoms with Crippen molar-refractivity contribution in [3.05, 3.63) is 33.8 Å².